The SMILES string of the molecule is CC.CCC.Cc1ccc2cc(CCN)oc2c1.[HH]. The van der Waals surface area contributed by atoms with E-state index in [1.54, 1.807) is 0 Å². The fourth-order valence-electron chi connectivity index (χ4n) is 1.46. The van der Waals surface area contributed by atoms with Gasteiger partial charge in [0.25, 0.3) is 0 Å². The Bertz CT molecular complexity index is 437. The minimum absolute atomic E-state index is 0. The average molecular weight is 251 g/mol. The second-order valence-electron chi connectivity index (χ2n) is 4.00. The van der Waals surface area contributed by atoms with E-state index in [-0.39, 0.29) is 1.43 Å². The first-order valence-corrected chi connectivity index (χ1v) is 6.90. The van der Waals surface area contributed by atoms with Crippen molar-refractivity contribution in [3.05, 3.63) is 35.6 Å². The summed E-state index contributed by atoms with van der Waals surface area (Å²) in [6, 6.07) is 8.27. The van der Waals surface area contributed by atoms with Crippen molar-refractivity contribution >= 4 is 11.0 Å². The third-order valence-corrected chi connectivity index (χ3v) is 2.12. The lowest BCUT2D eigenvalue weighted by atomic mass is 10.2. The molecular formula is C16H29NO. The van der Waals surface area contributed by atoms with Crippen LogP contribution in [-0.4, -0.2) is 6.54 Å². The third-order valence-electron chi connectivity index (χ3n) is 2.12. The van der Waals surface area contributed by atoms with E-state index in [1.165, 1.54) is 12.0 Å². The van der Waals surface area contributed by atoms with Crippen molar-refractivity contribution in [2.45, 2.75) is 47.5 Å². The Balaban J connectivity index is 0. The van der Waals surface area contributed by atoms with Crippen LogP contribution >= 0.6 is 0 Å². The molecule has 2 N–H and O–H groups in total. The minimum atomic E-state index is 0. The van der Waals surface area contributed by atoms with Crippen molar-refractivity contribution < 1.29 is 5.84 Å². The molecule has 104 valence electrons. The van der Waals surface area contributed by atoms with Crippen molar-refractivity contribution in [1.82, 2.24) is 0 Å². The molecule has 0 spiro atoms. The number of hydrogen-bond donors (Lipinski definition) is 1. The molecule has 2 nitrogen and oxygen atoms in total. The number of rotatable bonds is 2. The monoisotopic (exact) mass is 251 g/mol. The van der Waals surface area contributed by atoms with E-state index in [9.17, 15) is 0 Å². The predicted octanol–water partition coefficient (Wildman–Crippen LogP) is 4.93. The molecule has 2 rings (SSSR count). The van der Waals surface area contributed by atoms with Gasteiger partial charge in [0.2, 0.25) is 0 Å². The van der Waals surface area contributed by atoms with Crippen LogP contribution in [0.3, 0.4) is 0 Å². The van der Waals surface area contributed by atoms with Crippen LogP contribution in [0.25, 0.3) is 11.0 Å². The molecule has 0 aliphatic carbocycles. The van der Waals surface area contributed by atoms with E-state index in [0.717, 1.165) is 23.2 Å². The van der Waals surface area contributed by atoms with E-state index in [0.29, 0.717) is 6.54 Å². The van der Waals surface area contributed by atoms with Crippen LogP contribution in [0.4, 0.5) is 0 Å². The van der Waals surface area contributed by atoms with Crippen molar-refractivity contribution in [1.29, 1.82) is 0 Å². The predicted molar refractivity (Wildman–Crippen MR) is 83.1 cm³/mol. The number of furan rings is 1. The fraction of sp³-hybridized carbons (Fsp3) is 0.500. The lowest BCUT2D eigenvalue weighted by Crippen LogP contribution is -2.01. The Hall–Kier alpha value is -1.28. The summed E-state index contributed by atoms with van der Waals surface area (Å²) in [5, 5.41) is 1.16. The highest BCUT2D eigenvalue weighted by molar-refractivity contribution is 5.78. The first-order chi connectivity index (χ1) is 8.71. The molecule has 18 heavy (non-hydrogen) atoms. The third kappa shape index (κ3) is 5.37. The Morgan fingerprint density at radius 1 is 1.17 bits per heavy atom. The molecule has 1 heterocycles. The highest BCUT2D eigenvalue weighted by Gasteiger charge is 2.01. The molecule has 2 heteroatoms. The van der Waals surface area contributed by atoms with Crippen LogP contribution in [0.1, 0.15) is 46.9 Å². The van der Waals surface area contributed by atoms with Gasteiger partial charge in [0.05, 0.1) is 0 Å². The van der Waals surface area contributed by atoms with Crippen LogP contribution in [0.15, 0.2) is 28.7 Å². The summed E-state index contributed by atoms with van der Waals surface area (Å²) in [5.74, 6) is 0.975. The van der Waals surface area contributed by atoms with Gasteiger partial charge in [-0.15, -0.1) is 0 Å². The first-order valence-electron chi connectivity index (χ1n) is 6.90. The minimum Gasteiger partial charge on any atom is -0.461 e. The summed E-state index contributed by atoms with van der Waals surface area (Å²) >= 11 is 0. The molecule has 0 aliphatic rings. The number of benzene rings is 1. The summed E-state index contributed by atoms with van der Waals surface area (Å²) in [6.07, 6.45) is 2.06. The van der Waals surface area contributed by atoms with Gasteiger partial charge in [-0.1, -0.05) is 46.2 Å². The van der Waals surface area contributed by atoms with Crippen molar-refractivity contribution in [3.8, 4) is 0 Å². The molecule has 0 atom stereocenters. The lowest BCUT2D eigenvalue weighted by Gasteiger charge is -1.90. The Morgan fingerprint density at radius 2 is 1.78 bits per heavy atom. The molecule has 0 unspecified atom stereocenters. The zero-order chi connectivity index (χ0) is 14.0. The molecule has 1 aromatic carbocycles. The molecular weight excluding hydrogens is 222 g/mol. The quantitative estimate of drug-likeness (QED) is 0.821. The van der Waals surface area contributed by atoms with E-state index < -0.39 is 0 Å². The van der Waals surface area contributed by atoms with Crippen LogP contribution in [-0.2, 0) is 6.42 Å². The molecule has 0 saturated carbocycles. The maximum atomic E-state index is 5.61. The van der Waals surface area contributed by atoms with Crippen LogP contribution in [0, 0.1) is 6.92 Å². The van der Waals surface area contributed by atoms with Gasteiger partial charge in [-0.25, -0.2) is 0 Å². The Kier molecular flexibility index (Phi) is 9.03. The number of aryl methyl sites for hydroxylation is 1. The van der Waals surface area contributed by atoms with Gasteiger partial charge in [0.1, 0.15) is 11.3 Å². The van der Waals surface area contributed by atoms with E-state index >= 15 is 0 Å². The molecule has 0 saturated heterocycles. The summed E-state index contributed by atoms with van der Waals surface area (Å²) < 4.78 is 5.61. The smallest absolute Gasteiger partial charge is 0.134 e. The van der Waals surface area contributed by atoms with Crippen LogP contribution < -0.4 is 5.73 Å². The lowest BCUT2D eigenvalue weighted by molar-refractivity contribution is 0.550. The molecule has 0 aliphatic heterocycles. The summed E-state index contributed by atoms with van der Waals surface area (Å²) in [4.78, 5) is 0. The fourth-order valence-corrected chi connectivity index (χ4v) is 1.46. The maximum absolute atomic E-state index is 5.61. The number of hydrogen-bond acceptors (Lipinski definition) is 2. The van der Waals surface area contributed by atoms with E-state index in [4.69, 9.17) is 10.2 Å². The standard InChI is InChI=1S/C11H13NO.C3H8.C2H6.H2/c1-8-2-3-9-7-10(4-5-12)13-11(9)6-8;1-3-2;1-2;/h2-3,6-7H,4-5,12H2,1H3;3H2,1-2H3;1-2H3;1H. The van der Waals surface area contributed by atoms with Gasteiger partial charge in [-0.05, 0) is 31.2 Å². The van der Waals surface area contributed by atoms with Crippen molar-refractivity contribution in [3.63, 3.8) is 0 Å². The van der Waals surface area contributed by atoms with E-state index in [1.807, 2.05) is 13.8 Å². The molecule has 0 bridgehead atoms. The van der Waals surface area contributed by atoms with Crippen molar-refractivity contribution in [2.75, 3.05) is 6.54 Å². The molecule has 2 aromatic rings. The normalized spacial score (nSPS) is 9.22. The van der Waals surface area contributed by atoms with Gasteiger partial charge >= 0.3 is 0 Å². The molecule has 0 radical (unpaired) electrons. The van der Waals surface area contributed by atoms with Gasteiger partial charge in [-0.2, -0.15) is 0 Å². The topological polar surface area (TPSA) is 39.2 Å². The zero-order valence-corrected chi connectivity index (χ0v) is 12.4. The number of fused-ring (bicyclic) bond motifs is 1. The largest absolute Gasteiger partial charge is 0.461 e. The highest BCUT2D eigenvalue weighted by Crippen LogP contribution is 2.20. The summed E-state index contributed by atoms with van der Waals surface area (Å²) in [7, 11) is 0. The van der Waals surface area contributed by atoms with Gasteiger partial charge in [0.15, 0.2) is 0 Å². The second-order valence-corrected chi connectivity index (χ2v) is 4.00. The summed E-state index contributed by atoms with van der Waals surface area (Å²) in [5.41, 5.74) is 7.64. The van der Waals surface area contributed by atoms with E-state index in [2.05, 4.69) is 45.0 Å². The Labute approximate surface area is 113 Å². The van der Waals surface area contributed by atoms with Crippen LogP contribution in [0.2, 0.25) is 0 Å². The highest BCUT2D eigenvalue weighted by atomic mass is 16.3. The van der Waals surface area contributed by atoms with Gasteiger partial charge in [0, 0.05) is 13.2 Å². The van der Waals surface area contributed by atoms with Gasteiger partial charge < -0.3 is 10.2 Å². The van der Waals surface area contributed by atoms with Crippen molar-refractivity contribution in [2.24, 2.45) is 5.73 Å². The zero-order valence-electron chi connectivity index (χ0n) is 12.4. The molecule has 0 amide bonds. The van der Waals surface area contributed by atoms with Gasteiger partial charge in [-0.3, -0.25) is 0 Å². The second kappa shape index (κ2) is 9.72. The molecule has 0 fully saturated rings. The molecule has 1 aromatic heterocycles. The Morgan fingerprint density at radius 3 is 2.33 bits per heavy atom. The maximum Gasteiger partial charge on any atom is 0.134 e. The average Bonchev–Trinajstić information content (AvgIpc) is 2.74. The number of nitrogens with two attached hydrogens (primary N) is 1. The summed E-state index contributed by atoms with van der Waals surface area (Å²) in [6.45, 7) is 10.9. The van der Waals surface area contributed by atoms with Crippen LogP contribution in [0.5, 0.6) is 0 Å². The first kappa shape index (κ1) is 16.7.